The van der Waals surface area contributed by atoms with Gasteiger partial charge in [-0.1, -0.05) is 46.1 Å². The lowest BCUT2D eigenvalue weighted by molar-refractivity contribution is -0.119. The predicted molar refractivity (Wildman–Crippen MR) is 144 cm³/mol. The van der Waals surface area contributed by atoms with Crippen molar-refractivity contribution in [3.8, 4) is 0 Å². The number of hydrogen-bond acceptors (Lipinski definition) is 3. The topological polar surface area (TPSA) is 24.1 Å². The van der Waals surface area contributed by atoms with Crippen LogP contribution in [0.3, 0.4) is 0 Å². The molecule has 0 heterocycles. The first kappa shape index (κ1) is 26.3. The second kappa shape index (κ2) is 11.4. The molecule has 182 valence electrons. The Bertz CT molecular complexity index is 557. The molecule has 0 aromatic rings. The van der Waals surface area contributed by atoms with Crippen molar-refractivity contribution in [3.05, 3.63) is 0 Å². The molecule has 4 saturated carbocycles. The van der Waals surface area contributed by atoms with E-state index >= 15 is 0 Å². The molecule has 10 unspecified atom stereocenters. The first-order valence-corrected chi connectivity index (χ1v) is 15.5. The zero-order valence-electron chi connectivity index (χ0n) is 21.5. The molecule has 10 atom stereocenters. The first-order valence-electron chi connectivity index (χ1n) is 13.4. The van der Waals surface area contributed by atoms with Crippen molar-refractivity contribution in [1.29, 1.82) is 0 Å². The summed E-state index contributed by atoms with van der Waals surface area (Å²) in [5.41, 5.74) is 1.31. The largest absolute Gasteiger partial charge is 0.319 e. The van der Waals surface area contributed by atoms with Crippen LogP contribution < -0.4 is 10.0 Å². The van der Waals surface area contributed by atoms with E-state index in [1.54, 1.807) is 24.8 Å². The van der Waals surface area contributed by atoms with Gasteiger partial charge in [-0.05, 0) is 130 Å². The van der Waals surface area contributed by atoms with Crippen LogP contribution in [0.4, 0.5) is 0 Å². The summed E-state index contributed by atoms with van der Waals surface area (Å²) in [6.07, 6.45) is 17.1. The molecule has 0 aliphatic heterocycles. The van der Waals surface area contributed by atoms with Crippen LogP contribution in [-0.4, -0.2) is 32.6 Å². The fourth-order valence-electron chi connectivity index (χ4n) is 8.95. The second-order valence-electron chi connectivity index (χ2n) is 12.2. The highest BCUT2D eigenvalue weighted by molar-refractivity contribution is 7.96. The lowest BCUT2D eigenvalue weighted by Crippen LogP contribution is -2.53. The highest BCUT2D eigenvalue weighted by Crippen LogP contribution is 2.68. The third-order valence-electron chi connectivity index (χ3n) is 10.6. The third-order valence-corrected chi connectivity index (χ3v) is 11.4. The van der Waals surface area contributed by atoms with E-state index in [4.69, 9.17) is 0 Å². The molecular formula is C27H53N2PS. The van der Waals surface area contributed by atoms with Gasteiger partial charge in [-0.25, -0.2) is 0 Å². The zero-order chi connectivity index (χ0) is 22.6. The molecular weight excluding hydrogens is 415 g/mol. The number of hydrogen-bond donors (Lipinski definition) is 2. The van der Waals surface area contributed by atoms with Crippen molar-refractivity contribution < 1.29 is 0 Å². The maximum atomic E-state index is 3.56. The van der Waals surface area contributed by atoms with Crippen molar-refractivity contribution in [2.75, 3.05) is 32.6 Å². The van der Waals surface area contributed by atoms with Gasteiger partial charge in [0.15, 0.2) is 0 Å². The SMILES string of the molecule is CNCCP.CSNCC(C)C1CCC2C3CCC4CC(C)CCC4(C)C3CCC12C. The molecule has 0 bridgehead atoms. The van der Waals surface area contributed by atoms with E-state index in [9.17, 15) is 0 Å². The van der Waals surface area contributed by atoms with Crippen LogP contribution in [0.25, 0.3) is 0 Å². The molecule has 0 spiro atoms. The minimum atomic E-state index is 0.631. The number of rotatable bonds is 6. The van der Waals surface area contributed by atoms with Gasteiger partial charge in [0.05, 0.1) is 0 Å². The van der Waals surface area contributed by atoms with Crippen LogP contribution >= 0.6 is 21.2 Å². The Hall–Kier alpha value is 0.700. The molecule has 0 aromatic heterocycles. The van der Waals surface area contributed by atoms with Gasteiger partial charge in [-0.3, -0.25) is 4.72 Å². The number of nitrogens with one attached hydrogen (secondary N) is 2. The predicted octanol–water partition coefficient (Wildman–Crippen LogP) is 6.87. The molecule has 4 fully saturated rings. The van der Waals surface area contributed by atoms with Crippen molar-refractivity contribution in [1.82, 2.24) is 10.0 Å². The summed E-state index contributed by atoms with van der Waals surface area (Å²) in [7, 11) is 4.59. The van der Waals surface area contributed by atoms with Crippen molar-refractivity contribution >= 4 is 21.2 Å². The van der Waals surface area contributed by atoms with Crippen molar-refractivity contribution in [2.24, 2.45) is 52.3 Å². The summed E-state index contributed by atoms with van der Waals surface area (Å²) in [6.45, 7) is 12.8. The van der Waals surface area contributed by atoms with E-state index in [2.05, 4.69) is 53.2 Å². The molecule has 31 heavy (non-hydrogen) atoms. The van der Waals surface area contributed by atoms with Gasteiger partial charge >= 0.3 is 0 Å². The number of fused-ring (bicyclic) bond motifs is 5. The molecule has 4 aliphatic carbocycles. The van der Waals surface area contributed by atoms with Crippen LogP contribution in [0.5, 0.6) is 0 Å². The highest BCUT2D eigenvalue weighted by Gasteiger charge is 2.60. The van der Waals surface area contributed by atoms with Crippen LogP contribution in [0.15, 0.2) is 0 Å². The van der Waals surface area contributed by atoms with Gasteiger partial charge in [0.2, 0.25) is 0 Å². The van der Waals surface area contributed by atoms with E-state index < -0.39 is 0 Å². The van der Waals surface area contributed by atoms with Crippen LogP contribution in [-0.2, 0) is 0 Å². The molecule has 4 rings (SSSR count). The molecule has 0 radical (unpaired) electrons. The summed E-state index contributed by atoms with van der Waals surface area (Å²) in [5.74, 6) is 6.93. The fourth-order valence-corrected chi connectivity index (χ4v) is 9.67. The quantitative estimate of drug-likeness (QED) is 0.329. The first-order chi connectivity index (χ1) is 14.8. The lowest BCUT2D eigenvalue weighted by Gasteiger charge is -2.61. The average Bonchev–Trinajstić information content (AvgIpc) is 3.11. The monoisotopic (exact) mass is 468 g/mol. The maximum absolute atomic E-state index is 3.56. The van der Waals surface area contributed by atoms with Crippen molar-refractivity contribution in [3.63, 3.8) is 0 Å². The maximum Gasteiger partial charge on any atom is 0.00869 e. The summed E-state index contributed by atoms with van der Waals surface area (Å²) in [5, 5.41) is 3.00. The zero-order valence-corrected chi connectivity index (χ0v) is 23.5. The normalized spacial score (nSPS) is 45.0. The summed E-state index contributed by atoms with van der Waals surface area (Å²) in [6, 6.07) is 0. The van der Waals surface area contributed by atoms with Crippen LogP contribution in [0.2, 0.25) is 0 Å². The van der Waals surface area contributed by atoms with Gasteiger partial charge in [0.1, 0.15) is 0 Å². The molecule has 2 nitrogen and oxygen atoms in total. The average molecular weight is 469 g/mol. The third kappa shape index (κ3) is 5.36. The Morgan fingerprint density at radius 2 is 1.71 bits per heavy atom. The molecule has 0 amide bonds. The molecule has 4 heteroatoms. The smallest absolute Gasteiger partial charge is 0.00869 e. The van der Waals surface area contributed by atoms with E-state index in [1.165, 1.54) is 51.5 Å². The van der Waals surface area contributed by atoms with Crippen LogP contribution in [0, 0.1) is 52.3 Å². The van der Waals surface area contributed by atoms with Gasteiger partial charge < -0.3 is 5.32 Å². The standard InChI is InChI=1S/C24H43NS.C3H10NP/c1-16-10-12-23(3)18(14-16)6-7-19-21-9-8-20(17(2)15-25-26-5)24(21,4)13-11-22(19)23;1-4-2-3-5/h16-22,25H,6-15H2,1-5H3;4H,2-3,5H2,1H3. The van der Waals surface area contributed by atoms with E-state index in [0.29, 0.717) is 10.8 Å². The Kier molecular flexibility index (Phi) is 9.69. The fraction of sp³-hybridized carbons (Fsp3) is 1.00. The summed E-state index contributed by atoms with van der Waals surface area (Å²) >= 11 is 1.80. The second-order valence-corrected chi connectivity index (χ2v) is 13.5. The van der Waals surface area contributed by atoms with Crippen molar-refractivity contribution in [2.45, 2.75) is 85.5 Å². The Morgan fingerprint density at radius 3 is 2.35 bits per heavy atom. The Balaban J connectivity index is 0.000000491. The molecule has 0 saturated heterocycles. The van der Waals surface area contributed by atoms with Gasteiger partial charge in [0, 0.05) is 6.54 Å². The minimum absolute atomic E-state index is 0.631. The Morgan fingerprint density at radius 1 is 1.00 bits per heavy atom. The van der Waals surface area contributed by atoms with Crippen LogP contribution in [0.1, 0.15) is 85.5 Å². The summed E-state index contributed by atoms with van der Waals surface area (Å²) < 4.78 is 3.56. The van der Waals surface area contributed by atoms with E-state index in [1.807, 2.05) is 7.05 Å². The van der Waals surface area contributed by atoms with Gasteiger partial charge in [0.25, 0.3) is 0 Å². The minimum Gasteiger partial charge on any atom is -0.319 e. The van der Waals surface area contributed by atoms with Gasteiger partial charge in [-0.2, -0.15) is 0 Å². The Labute approximate surface area is 201 Å². The molecule has 2 N–H and O–H groups in total. The highest BCUT2D eigenvalue weighted by atomic mass is 32.2. The lowest BCUT2D eigenvalue weighted by atomic mass is 9.44. The molecule has 0 aromatic carbocycles. The van der Waals surface area contributed by atoms with E-state index in [0.717, 1.165) is 54.1 Å². The summed E-state index contributed by atoms with van der Waals surface area (Å²) in [4.78, 5) is 0. The van der Waals surface area contributed by atoms with Gasteiger partial charge in [-0.15, -0.1) is 9.24 Å². The molecule has 4 aliphatic rings. The van der Waals surface area contributed by atoms with E-state index in [-0.39, 0.29) is 0 Å².